The van der Waals surface area contributed by atoms with Crippen LogP contribution in [-0.4, -0.2) is 37.6 Å². The minimum absolute atomic E-state index is 0.0412. The van der Waals surface area contributed by atoms with Gasteiger partial charge in [-0.25, -0.2) is 4.39 Å². The van der Waals surface area contributed by atoms with Crippen LogP contribution in [0.25, 0.3) is 0 Å². The number of benzene rings is 2. The molecule has 4 nitrogen and oxygen atoms in total. The second kappa shape index (κ2) is 8.17. The summed E-state index contributed by atoms with van der Waals surface area (Å²) in [5, 5.41) is 0. The number of hydrogen-bond acceptors (Lipinski definition) is 3. The zero-order chi connectivity index (χ0) is 16.7. The lowest BCUT2D eigenvalue weighted by atomic mass is 10.2. The molecule has 5 heteroatoms. The van der Waals surface area contributed by atoms with E-state index in [-0.39, 0.29) is 11.7 Å². The first-order valence-corrected chi connectivity index (χ1v) is 7.47. The van der Waals surface area contributed by atoms with E-state index in [0.29, 0.717) is 36.8 Å². The minimum atomic E-state index is -0.299. The molecule has 1 amide bonds. The molecule has 2 rings (SSSR count). The van der Waals surface area contributed by atoms with Gasteiger partial charge < -0.3 is 14.4 Å². The lowest BCUT2D eigenvalue weighted by Gasteiger charge is -2.15. The van der Waals surface area contributed by atoms with Crippen LogP contribution in [0.4, 0.5) is 4.39 Å². The van der Waals surface area contributed by atoms with Gasteiger partial charge in [0.15, 0.2) is 0 Å². The maximum atomic E-state index is 12.8. The fourth-order valence-corrected chi connectivity index (χ4v) is 1.93. The summed E-state index contributed by atoms with van der Waals surface area (Å²) in [6, 6.07) is 12.9. The van der Waals surface area contributed by atoms with Gasteiger partial charge in [0.05, 0.1) is 0 Å². The van der Waals surface area contributed by atoms with Gasteiger partial charge in [-0.15, -0.1) is 0 Å². The molecule has 0 atom stereocenters. The summed E-state index contributed by atoms with van der Waals surface area (Å²) >= 11 is 0. The highest BCUT2D eigenvalue weighted by Gasteiger charge is 2.10. The molecule has 0 unspecified atom stereocenters. The summed E-state index contributed by atoms with van der Waals surface area (Å²) in [6.07, 6.45) is 0. The van der Waals surface area contributed by atoms with Crippen molar-refractivity contribution in [2.75, 3.05) is 26.8 Å². The van der Waals surface area contributed by atoms with E-state index in [1.807, 2.05) is 6.92 Å². The Morgan fingerprint density at radius 3 is 2.35 bits per heavy atom. The van der Waals surface area contributed by atoms with Gasteiger partial charge in [0.25, 0.3) is 5.91 Å². The third-order valence-corrected chi connectivity index (χ3v) is 3.34. The Morgan fingerprint density at radius 1 is 1.04 bits per heavy atom. The molecule has 0 aromatic heterocycles. The van der Waals surface area contributed by atoms with Gasteiger partial charge in [-0.2, -0.15) is 0 Å². The first kappa shape index (κ1) is 16.8. The highest BCUT2D eigenvalue weighted by molar-refractivity contribution is 5.94. The van der Waals surface area contributed by atoms with E-state index in [9.17, 15) is 9.18 Å². The fraction of sp³-hybridized carbons (Fsp3) is 0.278. The van der Waals surface area contributed by atoms with E-state index in [4.69, 9.17) is 9.47 Å². The van der Waals surface area contributed by atoms with E-state index in [1.165, 1.54) is 12.1 Å². The van der Waals surface area contributed by atoms with Crippen molar-refractivity contribution in [1.82, 2.24) is 4.90 Å². The Morgan fingerprint density at radius 2 is 1.70 bits per heavy atom. The Kier molecular flexibility index (Phi) is 5.97. The third-order valence-electron chi connectivity index (χ3n) is 3.34. The quantitative estimate of drug-likeness (QED) is 0.735. The standard InChI is InChI=1S/C18H20FNO3/c1-3-20(2)18(21)14-5-4-6-17(13-14)23-12-11-22-16-9-7-15(19)8-10-16/h4-10,13H,3,11-12H2,1-2H3. The van der Waals surface area contributed by atoms with Crippen molar-refractivity contribution in [2.24, 2.45) is 0 Å². The number of rotatable bonds is 7. The van der Waals surface area contributed by atoms with Crippen LogP contribution in [0, 0.1) is 5.82 Å². The van der Waals surface area contributed by atoms with E-state index in [0.717, 1.165) is 0 Å². The summed E-state index contributed by atoms with van der Waals surface area (Å²) < 4.78 is 23.8. The normalized spacial score (nSPS) is 10.2. The van der Waals surface area contributed by atoms with Crippen molar-refractivity contribution < 1.29 is 18.7 Å². The van der Waals surface area contributed by atoms with Crippen LogP contribution >= 0.6 is 0 Å². The van der Waals surface area contributed by atoms with Gasteiger partial charge in [0.1, 0.15) is 30.5 Å². The number of hydrogen-bond donors (Lipinski definition) is 0. The number of ether oxygens (including phenoxy) is 2. The number of halogens is 1. The van der Waals surface area contributed by atoms with E-state index < -0.39 is 0 Å². The van der Waals surface area contributed by atoms with Gasteiger partial charge >= 0.3 is 0 Å². The van der Waals surface area contributed by atoms with Crippen molar-refractivity contribution in [2.45, 2.75) is 6.92 Å². The highest BCUT2D eigenvalue weighted by atomic mass is 19.1. The molecule has 0 saturated heterocycles. The summed E-state index contributed by atoms with van der Waals surface area (Å²) in [5.74, 6) is 0.860. The average molecular weight is 317 g/mol. The number of carbonyl (C=O) groups excluding carboxylic acids is 1. The second-order valence-electron chi connectivity index (χ2n) is 5.00. The maximum absolute atomic E-state index is 12.8. The third kappa shape index (κ3) is 4.98. The van der Waals surface area contributed by atoms with Gasteiger partial charge in [0.2, 0.25) is 0 Å². The fourth-order valence-electron chi connectivity index (χ4n) is 1.93. The molecule has 0 aliphatic heterocycles. The molecule has 0 aliphatic carbocycles. The van der Waals surface area contributed by atoms with Gasteiger partial charge in [-0.1, -0.05) is 6.07 Å². The lowest BCUT2D eigenvalue weighted by molar-refractivity contribution is 0.0802. The van der Waals surface area contributed by atoms with Crippen molar-refractivity contribution in [3.05, 3.63) is 59.9 Å². The number of amides is 1. The SMILES string of the molecule is CCN(C)C(=O)c1cccc(OCCOc2ccc(F)cc2)c1. The first-order valence-electron chi connectivity index (χ1n) is 7.47. The summed E-state index contributed by atoms with van der Waals surface area (Å²) in [4.78, 5) is 13.7. The highest BCUT2D eigenvalue weighted by Crippen LogP contribution is 2.15. The van der Waals surface area contributed by atoms with Crippen molar-refractivity contribution in [3.8, 4) is 11.5 Å². The molecule has 2 aromatic carbocycles. The summed E-state index contributed by atoms with van der Waals surface area (Å²) in [6.45, 7) is 3.23. The maximum Gasteiger partial charge on any atom is 0.253 e. The molecule has 0 saturated carbocycles. The molecule has 2 aromatic rings. The van der Waals surface area contributed by atoms with Crippen LogP contribution in [0.15, 0.2) is 48.5 Å². The predicted molar refractivity (Wildman–Crippen MR) is 86.5 cm³/mol. The van der Waals surface area contributed by atoms with E-state index in [2.05, 4.69) is 0 Å². The molecular weight excluding hydrogens is 297 g/mol. The Bertz CT molecular complexity index is 643. The largest absolute Gasteiger partial charge is 0.490 e. The Hall–Kier alpha value is -2.56. The summed E-state index contributed by atoms with van der Waals surface area (Å²) in [7, 11) is 1.76. The van der Waals surface area contributed by atoms with Crippen LogP contribution in [0.3, 0.4) is 0 Å². The van der Waals surface area contributed by atoms with E-state index >= 15 is 0 Å². The van der Waals surface area contributed by atoms with Crippen molar-refractivity contribution in [1.29, 1.82) is 0 Å². The lowest BCUT2D eigenvalue weighted by Crippen LogP contribution is -2.26. The molecule has 23 heavy (non-hydrogen) atoms. The van der Waals surface area contributed by atoms with Gasteiger partial charge in [0, 0.05) is 19.2 Å². The molecule has 0 heterocycles. The van der Waals surface area contributed by atoms with Gasteiger partial charge in [-0.3, -0.25) is 4.79 Å². The molecule has 0 N–H and O–H groups in total. The van der Waals surface area contributed by atoms with Crippen LogP contribution in [0.2, 0.25) is 0 Å². The number of nitrogens with zero attached hydrogens (tertiary/aromatic N) is 1. The van der Waals surface area contributed by atoms with Crippen LogP contribution in [-0.2, 0) is 0 Å². The average Bonchev–Trinajstić information content (AvgIpc) is 2.59. The molecule has 0 aliphatic rings. The van der Waals surface area contributed by atoms with Crippen molar-refractivity contribution in [3.63, 3.8) is 0 Å². The molecular formula is C18H20FNO3. The van der Waals surface area contributed by atoms with Crippen LogP contribution in [0.1, 0.15) is 17.3 Å². The predicted octanol–water partition coefficient (Wildman–Crippen LogP) is 3.38. The molecule has 0 spiro atoms. The molecule has 0 fully saturated rings. The van der Waals surface area contributed by atoms with E-state index in [1.54, 1.807) is 48.3 Å². The molecule has 0 radical (unpaired) electrons. The van der Waals surface area contributed by atoms with Crippen LogP contribution in [0.5, 0.6) is 11.5 Å². The first-order chi connectivity index (χ1) is 11.1. The number of carbonyl (C=O) groups is 1. The topological polar surface area (TPSA) is 38.8 Å². The molecule has 122 valence electrons. The zero-order valence-electron chi connectivity index (χ0n) is 13.3. The second-order valence-corrected chi connectivity index (χ2v) is 5.00. The smallest absolute Gasteiger partial charge is 0.253 e. The zero-order valence-corrected chi connectivity index (χ0v) is 13.3. The summed E-state index contributed by atoms with van der Waals surface area (Å²) in [5.41, 5.74) is 0.589. The monoisotopic (exact) mass is 317 g/mol. The Balaban J connectivity index is 1.84. The molecule has 0 bridgehead atoms. The Labute approximate surface area is 135 Å². The van der Waals surface area contributed by atoms with Crippen molar-refractivity contribution >= 4 is 5.91 Å². The van der Waals surface area contributed by atoms with Gasteiger partial charge in [-0.05, 0) is 49.4 Å². The minimum Gasteiger partial charge on any atom is -0.490 e. The van der Waals surface area contributed by atoms with Crippen LogP contribution < -0.4 is 9.47 Å².